The molecule has 0 amide bonds. The summed E-state index contributed by atoms with van der Waals surface area (Å²) >= 11 is 0. The summed E-state index contributed by atoms with van der Waals surface area (Å²) < 4.78 is 5.16. The summed E-state index contributed by atoms with van der Waals surface area (Å²) in [5.41, 5.74) is 6.18. The van der Waals surface area contributed by atoms with Crippen LogP contribution in [0.1, 0.15) is 24.8 Å². The Bertz CT molecular complexity index is 435. The molecule has 2 unspecified atom stereocenters. The number of nitrogens with one attached hydrogen (secondary N) is 1. The van der Waals surface area contributed by atoms with Gasteiger partial charge >= 0.3 is 5.97 Å². The molecule has 1 aliphatic heterocycles. The molecule has 20 heavy (non-hydrogen) atoms. The van der Waals surface area contributed by atoms with Crippen LogP contribution in [0.2, 0.25) is 0 Å². The third-order valence-corrected chi connectivity index (χ3v) is 4.38. The number of methoxy groups -OCH3 is 1. The van der Waals surface area contributed by atoms with E-state index in [1.54, 1.807) is 0 Å². The van der Waals surface area contributed by atoms with Gasteiger partial charge in [0.25, 0.3) is 0 Å². The lowest BCUT2D eigenvalue weighted by Crippen LogP contribution is -2.53. The molecule has 1 aromatic carbocycles. The summed E-state index contributed by atoms with van der Waals surface area (Å²) in [6.07, 6.45) is 2.64. The Morgan fingerprint density at radius 1 is 1.45 bits per heavy atom. The van der Waals surface area contributed by atoms with Gasteiger partial charge in [-0.2, -0.15) is 0 Å². The van der Waals surface area contributed by atoms with Crippen LogP contribution in [0.4, 0.5) is 0 Å². The van der Waals surface area contributed by atoms with Crippen molar-refractivity contribution < 1.29 is 9.53 Å². The Balaban J connectivity index is 2.40. The van der Waals surface area contributed by atoms with E-state index in [0.29, 0.717) is 6.54 Å². The van der Waals surface area contributed by atoms with Crippen LogP contribution in [0.15, 0.2) is 30.3 Å². The van der Waals surface area contributed by atoms with Crippen molar-refractivity contribution in [2.75, 3.05) is 26.7 Å². The monoisotopic (exact) mass is 276 g/mol. The highest BCUT2D eigenvalue weighted by Crippen LogP contribution is 2.41. The van der Waals surface area contributed by atoms with Crippen molar-refractivity contribution in [3.63, 3.8) is 0 Å². The third kappa shape index (κ3) is 2.72. The maximum absolute atomic E-state index is 12.6. The number of carbonyl (C=O) groups excluding carboxylic acids is 1. The first kappa shape index (κ1) is 15.0. The van der Waals surface area contributed by atoms with E-state index in [9.17, 15) is 4.79 Å². The van der Waals surface area contributed by atoms with Crippen LogP contribution in [-0.2, 0) is 14.9 Å². The molecule has 1 saturated heterocycles. The van der Waals surface area contributed by atoms with Crippen LogP contribution in [0, 0.1) is 5.92 Å². The number of piperidine rings is 1. The van der Waals surface area contributed by atoms with E-state index in [1.165, 1.54) is 7.11 Å². The molecule has 0 aromatic heterocycles. The van der Waals surface area contributed by atoms with Gasteiger partial charge in [-0.25, -0.2) is 0 Å². The highest BCUT2D eigenvalue weighted by atomic mass is 16.5. The molecule has 1 aromatic rings. The molecule has 4 nitrogen and oxygen atoms in total. The molecular formula is C16H24N2O2. The molecule has 2 atom stereocenters. The Labute approximate surface area is 120 Å². The first-order valence-electron chi connectivity index (χ1n) is 7.30. The van der Waals surface area contributed by atoms with Gasteiger partial charge in [0, 0.05) is 0 Å². The lowest BCUT2D eigenvalue weighted by molar-refractivity contribution is -0.151. The molecule has 110 valence electrons. The van der Waals surface area contributed by atoms with Crippen LogP contribution in [0.5, 0.6) is 0 Å². The summed E-state index contributed by atoms with van der Waals surface area (Å²) in [5, 5.41) is 3.40. The van der Waals surface area contributed by atoms with E-state index in [0.717, 1.165) is 37.9 Å². The number of hydrogen-bond acceptors (Lipinski definition) is 4. The Morgan fingerprint density at radius 3 is 2.85 bits per heavy atom. The molecule has 0 bridgehead atoms. The molecule has 0 saturated carbocycles. The van der Waals surface area contributed by atoms with Crippen LogP contribution in [0.3, 0.4) is 0 Å². The molecule has 2 rings (SSSR count). The van der Waals surface area contributed by atoms with Gasteiger partial charge < -0.3 is 15.8 Å². The second-order valence-electron chi connectivity index (χ2n) is 5.41. The van der Waals surface area contributed by atoms with E-state index in [2.05, 4.69) is 5.32 Å². The normalized spacial score (nSPS) is 26.2. The van der Waals surface area contributed by atoms with Gasteiger partial charge in [0.1, 0.15) is 0 Å². The SMILES string of the molecule is COC(=O)C1(c2ccccc2)CCNCC1CCCN. The van der Waals surface area contributed by atoms with Crippen molar-refractivity contribution >= 4 is 5.97 Å². The van der Waals surface area contributed by atoms with Gasteiger partial charge in [0.2, 0.25) is 0 Å². The van der Waals surface area contributed by atoms with Crippen molar-refractivity contribution in [1.29, 1.82) is 0 Å². The summed E-state index contributed by atoms with van der Waals surface area (Å²) in [6.45, 7) is 2.33. The quantitative estimate of drug-likeness (QED) is 0.799. The zero-order chi connectivity index (χ0) is 14.4. The highest BCUT2D eigenvalue weighted by molar-refractivity contribution is 5.84. The molecular weight excluding hydrogens is 252 g/mol. The fourth-order valence-corrected chi connectivity index (χ4v) is 3.34. The molecule has 4 heteroatoms. The van der Waals surface area contributed by atoms with Gasteiger partial charge in [-0.05, 0) is 50.4 Å². The van der Waals surface area contributed by atoms with E-state index in [1.807, 2.05) is 30.3 Å². The maximum Gasteiger partial charge on any atom is 0.316 e. The van der Waals surface area contributed by atoms with Crippen molar-refractivity contribution in [3.05, 3.63) is 35.9 Å². The van der Waals surface area contributed by atoms with Gasteiger partial charge in [-0.3, -0.25) is 4.79 Å². The number of ether oxygens (including phenoxy) is 1. The molecule has 1 fully saturated rings. The predicted molar refractivity (Wildman–Crippen MR) is 79.4 cm³/mol. The number of rotatable bonds is 5. The van der Waals surface area contributed by atoms with Crippen LogP contribution in [0.25, 0.3) is 0 Å². The second-order valence-corrected chi connectivity index (χ2v) is 5.41. The number of carbonyl (C=O) groups is 1. The molecule has 1 aliphatic rings. The minimum absolute atomic E-state index is 0.118. The summed E-state index contributed by atoms with van der Waals surface area (Å²) in [6, 6.07) is 10.0. The Hall–Kier alpha value is -1.39. The molecule has 0 spiro atoms. The minimum Gasteiger partial charge on any atom is -0.468 e. The summed E-state index contributed by atoms with van der Waals surface area (Å²) in [5.74, 6) is 0.113. The first-order chi connectivity index (χ1) is 9.75. The van der Waals surface area contributed by atoms with E-state index >= 15 is 0 Å². The minimum atomic E-state index is -0.531. The average molecular weight is 276 g/mol. The average Bonchev–Trinajstić information content (AvgIpc) is 2.53. The van der Waals surface area contributed by atoms with Gasteiger partial charge in [-0.1, -0.05) is 30.3 Å². The van der Waals surface area contributed by atoms with Gasteiger partial charge in [0.15, 0.2) is 0 Å². The highest BCUT2D eigenvalue weighted by Gasteiger charge is 2.48. The van der Waals surface area contributed by atoms with Crippen molar-refractivity contribution in [1.82, 2.24) is 5.32 Å². The Kier molecular flexibility index (Phi) is 5.15. The number of hydrogen-bond donors (Lipinski definition) is 2. The topological polar surface area (TPSA) is 64.3 Å². The predicted octanol–water partition coefficient (Wildman–Crippen LogP) is 1.45. The first-order valence-corrected chi connectivity index (χ1v) is 7.30. The van der Waals surface area contributed by atoms with Crippen molar-refractivity contribution in [2.24, 2.45) is 11.7 Å². The largest absolute Gasteiger partial charge is 0.468 e. The van der Waals surface area contributed by atoms with E-state index < -0.39 is 5.41 Å². The van der Waals surface area contributed by atoms with Gasteiger partial charge in [-0.15, -0.1) is 0 Å². The fourth-order valence-electron chi connectivity index (χ4n) is 3.34. The van der Waals surface area contributed by atoms with Crippen molar-refractivity contribution in [2.45, 2.75) is 24.7 Å². The molecule has 1 heterocycles. The smallest absolute Gasteiger partial charge is 0.316 e. The number of nitrogens with two attached hydrogens (primary N) is 1. The van der Waals surface area contributed by atoms with Crippen LogP contribution < -0.4 is 11.1 Å². The zero-order valence-corrected chi connectivity index (χ0v) is 12.1. The van der Waals surface area contributed by atoms with E-state index in [4.69, 9.17) is 10.5 Å². The van der Waals surface area contributed by atoms with Crippen molar-refractivity contribution in [3.8, 4) is 0 Å². The van der Waals surface area contributed by atoms with Crippen LogP contribution >= 0.6 is 0 Å². The molecule has 3 N–H and O–H groups in total. The zero-order valence-electron chi connectivity index (χ0n) is 12.1. The molecule has 0 radical (unpaired) electrons. The standard InChI is InChI=1S/C16H24N2O2/c1-20-15(19)16(13-6-3-2-4-7-13)9-11-18-12-14(16)8-5-10-17/h2-4,6-7,14,18H,5,8-12,17H2,1H3. The number of esters is 1. The third-order valence-electron chi connectivity index (χ3n) is 4.38. The lowest BCUT2D eigenvalue weighted by atomic mass is 9.64. The van der Waals surface area contributed by atoms with E-state index in [-0.39, 0.29) is 11.9 Å². The maximum atomic E-state index is 12.6. The fraction of sp³-hybridized carbons (Fsp3) is 0.562. The van der Waals surface area contributed by atoms with Crippen LogP contribution in [-0.4, -0.2) is 32.7 Å². The number of benzene rings is 1. The van der Waals surface area contributed by atoms with Gasteiger partial charge in [0.05, 0.1) is 12.5 Å². The Morgan fingerprint density at radius 2 is 2.20 bits per heavy atom. The molecule has 0 aliphatic carbocycles. The summed E-state index contributed by atoms with van der Waals surface area (Å²) in [4.78, 5) is 12.6. The summed E-state index contributed by atoms with van der Waals surface area (Å²) in [7, 11) is 1.48. The lowest BCUT2D eigenvalue weighted by Gasteiger charge is -2.42. The second kappa shape index (κ2) is 6.86.